The Balaban J connectivity index is 1.99. The Morgan fingerprint density at radius 1 is 1.25 bits per heavy atom. The van der Waals surface area contributed by atoms with Gasteiger partial charge in [0.05, 0.1) is 5.56 Å². The van der Waals surface area contributed by atoms with Crippen LogP contribution in [-0.2, 0) is 6.42 Å². The minimum atomic E-state index is -0.209. The number of phenolic OH excluding ortho intramolecular Hbond substituents is 1. The van der Waals surface area contributed by atoms with Gasteiger partial charge in [0.15, 0.2) is 0 Å². The van der Waals surface area contributed by atoms with Crippen LogP contribution in [-0.4, -0.2) is 17.6 Å². The fourth-order valence-corrected chi connectivity index (χ4v) is 2.79. The standard InChI is InChI=1S/C15H13BrN2O2/c16-10-2-4-12(14(19)7-10)15(20)18-6-5-9-1-3-11(17)8-13(9)18/h1-4,7-8,19H,5-6,17H2. The first-order chi connectivity index (χ1) is 9.56. The second-order valence-corrected chi connectivity index (χ2v) is 5.67. The van der Waals surface area contributed by atoms with Gasteiger partial charge in [0.1, 0.15) is 5.75 Å². The van der Waals surface area contributed by atoms with E-state index in [2.05, 4.69) is 15.9 Å². The Hall–Kier alpha value is -2.01. The van der Waals surface area contributed by atoms with Gasteiger partial charge < -0.3 is 15.7 Å². The van der Waals surface area contributed by atoms with Crippen LogP contribution in [0.2, 0.25) is 0 Å². The first-order valence-corrected chi connectivity index (χ1v) is 7.04. The molecule has 0 atom stereocenters. The molecule has 2 aromatic carbocycles. The van der Waals surface area contributed by atoms with Crippen molar-refractivity contribution < 1.29 is 9.90 Å². The molecule has 0 aromatic heterocycles. The summed E-state index contributed by atoms with van der Waals surface area (Å²) in [6.45, 7) is 0.604. The summed E-state index contributed by atoms with van der Waals surface area (Å²) in [5.74, 6) is -0.235. The third-order valence-electron chi connectivity index (χ3n) is 3.44. The molecule has 3 N–H and O–H groups in total. The number of halogens is 1. The average molecular weight is 333 g/mol. The Morgan fingerprint density at radius 3 is 2.80 bits per heavy atom. The summed E-state index contributed by atoms with van der Waals surface area (Å²) < 4.78 is 0.734. The molecule has 20 heavy (non-hydrogen) atoms. The number of nitrogens with zero attached hydrogens (tertiary/aromatic N) is 1. The third-order valence-corrected chi connectivity index (χ3v) is 3.93. The smallest absolute Gasteiger partial charge is 0.262 e. The quantitative estimate of drug-likeness (QED) is 0.789. The van der Waals surface area contributed by atoms with Crippen LogP contribution in [0.3, 0.4) is 0 Å². The van der Waals surface area contributed by atoms with E-state index in [1.807, 2.05) is 12.1 Å². The van der Waals surface area contributed by atoms with E-state index in [0.717, 1.165) is 22.1 Å². The van der Waals surface area contributed by atoms with Gasteiger partial charge in [-0.05, 0) is 42.3 Å². The molecule has 0 aliphatic carbocycles. The number of nitrogens with two attached hydrogens (primary N) is 1. The maximum absolute atomic E-state index is 12.6. The summed E-state index contributed by atoms with van der Waals surface area (Å²) in [5, 5.41) is 9.92. The third kappa shape index (κ3) is 2.14. The molecule has 0 saturated heterocycles. The second-order valence-electron chi connectivity index (χ2n) is 4.76. The summed E-state index contributed by atoms with van der Waals surface area (Å²) in [4.78, 5) is 14.2. The molecule has 0 radical (unpaired) electrons. The van der Waals surface area contributed by atoms with Crippen molar-refractivity contribution in [2.75, 3.05) is 17.2 Å². The number of hydrogen-bond acceptors (Lipinski definition) is 3. The zero-order valence-corrected chi connectivity index (χ0v) is 12.2. The van der Waals surface area contributed by atoms with Gasteiger partial charge in [-0.2, -0.15) is 0 Å². The van der Waals surface area contributed by atoms with Gasteiger partial charge in [-0.1, -0.05) is 22.0 Å². The molecule has 0 fully saturated rings. The maximum atomic E-state index is 12.6. The lowest BCUT2D eigenvalue weighted by atomic mass is 10.1. The van der Waals surface area contributed by atoms with Crippen molar-refractivity contribution in [2.45, 2.75) is 6.42 Å². The van der Waals surface area contributed by atoms with Gasteiger partial charge >= 0.3 is 0 Å². The molecular weight excluding hydrogens is 320 g/mol. The second kappa shape index (κ2) is 4.83. The molecule has 1 aliphatic heterocycles. The Kier molecular flexibility index (Phi) is 3.14. The van der Waals surface area contributed by atoms with Crippen LogP contribution >= 0.6 is 15.9 Å². The number of hydrogen-bond donors (Lipinski definition) is 2. The summed E-state index contributed by atoms with van der Waals surface area (Å²) in [5.41, 5.74) is 8.64. The predicted octanol–water partition coefficient (Wildman–Crippen LogP) is 2.94. The molecule has 3 rings (SSSR count). The predicted molar refractivity (Wildman–Crippen MR) is 82.0 cm³/mol. The molecule has 4 nitrogen and oxygen atoms in total. The minimum Gasteiger partial charge on any atom is -0.507 e. The van der Waals surface area contributed by atoms with Crippen LogP contribution in [0.5, 0.6) is 5.75 Å². The molecule has 1 heterocycles. The van der Waals surface area contributed by atoms with E-state index in [-0.39, 0.29) is 11.7 Å². The van der Waals surface area contributed by atoms with Gasteiger partial charge in [-0.3, -0.25) is 4.79 Å². The van der Waals surface area contributed by atoms with Crippen molar-refractivity contribution in [3.05, 3.63) is 52.0 Å². The number of fused-ring (bicyclic) bond motifs is 1. The number of anilines is 2. The van der Waals surface area contributed by atoms with Gasteiger partial charge in [-0.25, -0.2) is 0 Å². The van der Waals surface area contributed by atoms with Crippen molar-refractivity contribution >= 4 is 33.2 Å². The molecule has 1 aliphatic rings. The van der Waals surface area contributed by atoms with Gasteiger partial charge in [0.2, 0.25) is 0 Å². The topological polar surface area (TPSA) is 66.6 Å². The van der Waals surface area contributed by atoms with Crippen molar-refractivity contribution in [1.29, 1.82) is 0 Å². The van der Waals surface area contributed by atoms with Crippen molar-refractivity contribution in [2.24, 2.45) is 0 Å². The summed E-state index contributed by atoms with van der Waals surface area (Å²) in [6.07, 6.45) is 0.804. The fourth-order valence-electron chi connectivity index (χ4n) is 2.44. The van der Waals surface area contributed by atoms with Gasteiger partial charge in [0.25, 0.3) is 5.91 Å². The van der Waals surface area contributed by atoms with Gasteiger partial charge in [0, 0.05) is 22.4 Å². The van der Waals surface area contributed by atoms with Crippen LogP contribution in [0.25, 0.3) is 0 Å². The first kappa shape index (κ1) is 13.0. The number of carbonyl (C=O) groups is 1. The number of benzene rings is 2. The van der Waals surface area contributed by atoms with Crippen LogP contribution in [0.1, 0.15) is 15.9 Å². The van der Waals surface area contributed by atoms with Crippen LogP contribution < -0.4 is 10.6 Å². The lowest BCUT2D eigenvalue weighted by molar-refractivity contribution is 0.0987. The van der Waals surface area contributed by atoms with Crippen LogP contribution in [0, 0.1) is 0 Å². The molecule has 5 heteroatoms. The highest BCUT2D eigenvalue weighted by molar-refractivity contribution is 9.10. The van der Waals surface area contributed by atoms with E-state index in [1.165, 1.54) is 6.07 Å². The molecule has 2 aromatic rings. The molecule has 0 unspecified atom stereocenters. The molecule has 102 valence electrons. The van der Waals surface area contributed by atoms with Crippen molar-refractivity contribution in [1.82, 2.24) is 0 Å². The van der Waals surface area contributed by atoms with E-state index in [1.54, 1.807) is 23.1 Å². The summed E-state index contributed by atoms with van der Waals surface area (Å²) >= 11 is 3.26. The van der Waals surface area contributed by atoms with E-state index < -0.39 is 0 Å². The normalized spacial score (nSPS) is 13.3. The Morgan fingerprint density at radius 2 is 2.05 bits per heavy atom. The zero-order valence-electron chi connectivity index (χ0n) is 10.6. The highest BCUT2D eigenvalue weighted by Crippen LogP contribution is 2.33. The van der Waals surface area contributed by atoms with E-state index in [4.69, 9.17) is 5.73 Å². The first-order valence-electron chi connectivity index (χ1n) is 6.25. The zero-order chi connectivity index (χ0) is 14.3. The minimum absolute atomic E-state index is 0.0262. The largest absolute Gasteiger partial charge is 0.507 e. The SMILES string of the molecule is Nc1ccc2c(c1)N(C(=O)c1ccc(Br)cc1O)CC2. The molecular formula is C15H13BrN2O2. The van der Waals surface area contributed by atoms with Gasteiger partial charge in [-0.15, -0.1) is 0 Å². The number of nitrogen functional groups attached to an aromatic ring is 1. The lowest BCUT2D eigenvalue weighted by Gasteiger charge is -2.18. The van der Waals surface area contributed by atoms with Crippen molar-refractivity contribution in [3.63, 3.8) is 0 Å². The fraction of sp³-hybridized carbons (Fsp3) is 0.133. The molecule has 0 saturated carbocycles. The monoisotopic (exact) mass is 332 g/mol. The highest BCUT2D eigenvalue weighted by Gasteiger charge is 2.27. The molecule has 0 spiro atoms. The average Bonchev–Trinajstić information content (AvgIpc) is 2.81. The lowest BCUT2D eigenvalue weighted by Crippen LogP contribution is -2.29. The highest BCUT2D eigenvalue weighted by atomic mass is 79.9. The summed E-state index contributed by atoms with van der Waals surface area (Å²) in [6, 6.07) is 10.5. The Labute approximate surface area is 125 Å². The molecule has 1 amide bonds. The van der Waals surface area contributed by atoms with E-state index >= 15 is 0 Å². The number of carbonyl (C=O) groups excluding carboxylic acids is 1. The number of rotatable bonds is 1. The summed E-state index contributed by atoms with van der Waals surface area (Å²) in [7, 11) is 0. The Bertz CT molecular complexity index is 700. The number of aromatic hydroxyl groups is 1. The van der Waals surface area contributed by atoms with Crippen LogP contribution in [0.15, 0.2) is 40.9 Å². The van der Waals surface area contributed by atoms with Crippen molar-refractivity contribution in [3.8, 4) is 5.75 Å². The maximum Gasteiger partial charge on any atom is 0.262 e. The van der Waals surface area contributed by atoms with E-state index in [9.17, 15) is 9.90 Å². The molecule has 0 bridgehead atoms. The van der Waals surface area contributed by atoms with E-state index in [0.29, 0.717) is 17.8 Å². The number of phenols is 1. The van der Waals surface area contributed by atoms with Crippen LogP contribution in [0.4, 0.5) is 11.4 Å². The number of amides is 1.